The smallest absolute Gasteiger partial charge is 0.329 e. The number of hydrogen-bond acceptors (Lipinski definition) is 5. The van der Waals surface area contributed by atoms with Crippen LogP contribution in [-0.2, 0) is 6.18 Å². The van der Waals surface area contributed by atoms with E-state index >= 15 is 0 Å². The monoisotopic (exact) mass is 402 g/mol. The quantitative estimate of drug-likeness (QED) is 0.507. The molecule has 1 amide bonds. The van der Waals surface area contributed by atoms with Gasteiger partial charge in [0.05, 0.1) is 16.5 Å². The number of nitrogens with two attached hydrogens (primary N) is 1. The first kappa shape index (κ1) is 20.6. The fourth-order valence-corrected chi connectivity index (χ4v) is 2.39. The summed E-state index contributed by atoms with van der Waals surface area (Å²) in [5, 5.41) is 11.6. The second-order valence-electron chi connectivity index (χ2n) is 5.42. The molecule has 0 saturated carbocycles. The molecule has 0 fully saturated rings. The van der Waals surface area contributed by atoms with Gasteiger partial charge in [-0.15, -0.1) is 0 Å². The van der Waals surface area contributed by atoms with E-state index in [0.717, 1.165) is 6.07 Å². The topological polar surface area (TPSA) is 110 Å². The van der Waals surface area contributed by atoms with E-state index in [1.165, 1.54) is 24.3 Å². The molecule has 144 valence electrons. The maximum absolute atomic E-state index is 12.8. The number of amides is 1. The molecular formula is C16H14ClF3N4O3. The third-order valence-corrected chi connectivity index (χ3v) is 3.88. The Morgan fingerprint density at radius 3 is 2.37 bits per heavy atom. The molecule has 1 unspecified atom stereocenters. The summed E-state index contributed by atoms with van der Waals surface area (Å²) in [7, 11) is 0. The second kappa shape index (κ2) is 8.33. The van der Waals surface area contributed by atoms with Crippen molar-refractivity contribution >= 4 is 23.2 Å². The maximum Gasteiger partial charge on any atom is 0.416 e. The Bertz CT molecular complexity index is 844. The first-order chi connectivity index (χ1) is 12.6. The number of rotatable bonds is 6. The van der Waals surface area contributed by atoms with Crippen molar-refractivity contribution in [1.29, 1.82) is 0 Å². The van der Waals surface area contributed by atoms with Crippen LogP contribution in [0.25, 0.3) is 0 Å². The van der Waals surface area contributed by atoms with Crippen LogP contribution < -0.4 is 16.6 Å². The number of hydrazine groups is 1. The van der Waals surface area contributed by atoms with Crippen LogP contribution in [0.1, 0.15) is 27.5 Å². The van der Waals surface area contributed by atoms with Gasteiger partial charge in [-0.3, -0.25) is 20.3 Å². The van der Waals surface area contributed by atoms with Crippen LogP contribution in [-0.4, -0.2) is 17.4 Å². The highest BCUT2D eigenvalue weighted by molar-refractivity contribution is 6.30. The molecule has 0 heterocycles. The summed E-state index contributed by atoms with van der Waals surface area (Å²) >= 11 is 5.73. The Kier molecular flexibility index (Phi) is 6.37. The van der Waals surface area contributed by atoms with Crippen LogP contribution in [0.15, 0.2) is 42.5 Å². The van der Waals surface area contributed by atoms with Crippen molar-refractivity contribution in [1.82, 2.24) is 10.9 Å². The standard InChI is InChI=1S/C16H14ClF3N4O3/c17-11-4-1-9(2-5-11)15(25)23-22-13(8-21)12-6-3-10(16(18,19)20)7-14(12)24(26)27/h1-7,13,22H,8,21H2,(H,23,25). The summed E-state index contributed by atoms with van der Waals surface area (Å²) in [5.41, 5.74) is 8.65. The number of carbonyl (C=O) groups is 1. The Labute approximate surface area is 156 Å². The van der Waals surface area contributed by atoms with Gasteiger partial charge in [0, 0.05) is 28.8 Å². The molecule has 0 aliphatic carbocycles. The van der Waals surface area contributed by atoms with Gasteiger partial charge in [-0.05, 0) is 36.4 Å². The van der Waals surface area contributed by atoms with E-state index in [0.29, 0.717) is 17.2 Å². The van der Waals surface area contributed by atoms with Gasteiger partial charge in [0.2, 0.25) is 0 Å². The van der Waals surface area contributed by atoms with E-state index in [-0.39, 0.29) is 17.7 Å². The van der Waals surface area contributed by atoms with Crippen LogP contribution in [0.4, 0.5) is 18.9 Å². The average molecular weight is 403 g/mol. The Morgan fingerprint density at radius 1 is 1.22 bits per heavy atom. The van der Waals surface area contributed by atoms with Crippen molar-refractivity contribution in [2.75, 3.05) is 6.54 Å². The highest BCUT2D eigenvalue weighted by Gasteiger charge is 2.34. The van der Waals surface area contributed by atoms with Crippen LogP contribution in [0.2, 0.25) is 5.02 Å². The lowest BCUT2D eigenvalue weighted by Gasteiger charge is -2.19. The summed E-state index contributed by atoms with van der Waals surface area (Å²) in [6.45, 7) is -0.215. The summed E-state index contributed by atoms with van der Waals surface area (Å²) in [4.78, 5) is 22.3. The predicted octanol–water partition coefficient (Wildman–Crippen LogP) is 3.20. The first-order valence-electron chi connectivity index (χ1n) is 7.50. The van der Waals surface area contributed by atoms with Crippen molar-refractivity contribution in [2.45, 2.75) is 12.2 Å². The van der Waals surface area contributed by atoms with E-state index in [2.05, 4.69) is 10.9 Å². The second-order valence-corrected chi connectivity index (χ2v) is 5.86. The molecule has 4 N–H and O–H groups in total. The van der Waals surface area contributed by atoms with Crippen LogP contribution in [0.5, 0.6) is 0 Å². The number of nitrogens with one attached hydrogen (secondary N) is 2. The Hall–Kier alpha value is -2.69. The van der Waals surface area contributed by atoms with Crippen molar-refractivity contribution in [3.8, 4) is 0 Å². The minimum absolute atomic E-state index is 0.0908. The Morgan fingerprint density at radius 2 is 1.85 bits per heavy atom. The van der Waals surface area contributed by atoms with E-state index in [4.69, 9.17) is 17.3 Å². The normalized spacial score (nSPS) is 12.5. The fraction of sp³-hybridized carbons (Fsp3) is 0.188. The highest BCUT2D eigenvalue weighted by atomic mass is 35.5. The lowest BCUT2D eigenvalue weighted by molar-refractivity contribution is -0.386. The van der Waals surface area contributed by atoms with Crippen molar-refractivity contribution in [3.05, 3.63) is 74.3 Å². The average Bonchev–Trinajstić information content (AvgIpc) is 2.61. The number of nitro benzene ring substituents is 1. The molecule has 2 aromatic rings. The van der Waals surface area contributed by atoms with Crippen LogP contribution >= 0.6 is 11.6 Å². The largest absolute Gasteiger partial charge is 0.416 e. The van der Waals surface area contributed by atoms with Gasteiger partial charge in [-0.2, -0.15) is 13.2 Å². The van der Waals surface area contributed by atoms with Gasteiger partial charge in [0.25, 0.3) is 11.6 Å². The SMILES string of the molecule is NCC(NNC(=O)c1ccc(Cl)cc1)c1ccc(C(F)(F)F)cc1[N+](=O)[O-]. The van der Waals surface area contributed by atoms with E-state index in [1.807, 2.05) is 0 Å². The molecule has 2 rings (SSSR count). The number of hydrogen-bond donors (Lipinski definition) is 3. The molecule has 2 aromatic carbocycles. The molecular weight excluding hydrogens is 389 g/mol. The van der Waals surface area contributed by atoms with E-state index < -0.39 is 34.3 Å². The molecule has 0 aliphatic heterocycles. The number of carbonyl (C=O) groups excluding carboxylic acids is 1. The molecule has 1 atom stereocenters. The van der Waals surface area contributed by atoms with Crippen LogP contribution in [0.3, 0.4) is 0 Å². The lowest BCUT2D eigenvalue weighted by atomic mass is 10.0. The number of alkyl halides is 3. The molecule has 7 nitrogen and oxygen atoms in total. The summed E-state index contributed by atoms with van der Waals surface area (Å²) < 4.78 is 38.4. The molecule has 11 heteroatoms. The highest BCUT2D eigenvalue weighted by Crippen LogP contribution is 2.34. The number of benzene rings is 2. The molecule has 0 bridgehead atoms. The number of halogens is 4. The molecule has 0 saturated heterocycles. The van der Waals surface area contributed by atoms with Crippen LogP contribution in [0, 0.1) is 10.1 Å². The zero-order chi connectivity index (χ0) is 20.2. The molecule has 0 spiro atoms. The minimum atomic E-state index is -4.72. The minimum Gasteiger partial charge on any atom is -0.329 e. The molecule has 27 heavy (non-hydrogen) atoms. The molecule has 0 radical (unpaired) electrons. The van der Waals surface area contributed by atoms with Crippen molar-refractivity contribution in [2.24, 2.45) is 5.73 Å². The van der Waals surface area contributed by atoms with Crippen molar-refractivity contribution < 1.29 is 22.9 Å². The van der Waals surface area contributed by atoms with E-state index in [9.17, 15) is 28.1 Å². The third-order valence-electron chi connectivity index (χ3n) is 3.63. The fourth-order valence-electron chi connectivity index (χ4n) is 2.26. The summed E-state index contributed by atoms with van der Waals surface area (Å²) in [6, 6.07) is 7.03. The Balaban J connectivity index is 2.22. The number of nitro groups is 1. The summed E-state index contributed by atoms with van der Waals surface area (Å²) in [6.07, 6.45) is -4.72. The third kappa shape index (κ3) is 5.16. The van der Waals surface area contributed by atoms with Gasteiger partial charge in [0.15, 0.2) is 0 Å². The predicted molar refractivity (Wildman–Crippen MR) is 91.9 cm³/mol. The molecule has 0 aromatic heterocycles. The van der Waals surface area contributed by atoms with Gasteiger partial charge in [-0.1, -0.05) is 11.6 Å². The number of nitrogens with zero attached hydrogens (tertiary/aromatic N) is 1. The zero-order valence-electron chi connectivity index (χ0n) is 13.6. The van der Waals surface area contributed by atoms with Gasteiger partial charge in [-0.25, -0.2) is 5.43 Å². The van der Waals surface area contributed by atoms with Gasteiger partial charge in [0.1, 0.15) is 0 Å². The van der Waals surface area contributed by atoms with Gasteiger partial charge < -0.3 is 5.73 Å². The summed E-state index contributed by atoms with van der Waals surface area (Å²) in [5.74, 6) is -0.570. The maximum atomic E-state index is 12.8. The zero-order valence-corrected chi connectivity index (χ0v) is 14.3. The van der Waals surface area contributed by atoms with Crippen molar-refractivity contribution in [3.63, 3.8) is 0 Å². The van der Waals surface area contributed by atoms with E-state index in [1.54, 1.807) is 0 Å². The molecule has 0 aliphatic rings. The van der Waals surface area contributed by atoms with Gasteiger partial charge >= 0.3 is 6.18 Å². The lowest BCUT2D eigenvalue weighted by Crippen LogP contribution is -2.42. The first-order valence-corrected chi connectivity index (χ1v) is 7.88.